The van der Waals surface area contributed by atoms with Crippen LogP contribution in [0.5, 0.6) is 0 Å². The van der Waals surface area contributed by atoms with Crippen molar-refractivity contribution >= 4 is 23.7 Å². The summed E-state index contributed by atoms with van der Waals surface area (Å²) >= 11 is 0. The highest BCUT2D eigenvalue weighted by Crippen LogP contribution is 2.19. The van der Waals surface area contributed by atoms with Gasteiger partial charge in [-0.15, -0.1) is 0 Å². The molecule has 1 fully saturated rings. The predicted molar refractivity (Wildman–Crippen MR) is 99.9 cm³/mol. The Morgan fingerprint density at radius 1 is 1.21 bits per heavy atom. The number of nitrogens with zero attached hydrogens (tertiary/aromatic N) is 1. The summed E-state index contributed by atoms with van der Waals surface area (Å²) in [4.78, 5) is 49.4. The Morgan fingerprint density at radius 2 is 1.89 bits per heavy atom. The van der Waals surface area contributed by atoms with Crippen LogP contribution >= 0.6 is 0 Å². The molecule has 1 saturated heterocycles. The Hall–Kier alpha value is -2.24. The van der Waals surface area contributed by atoms with Gasteiger partial charge < -0.3 is 37.2 Å². The maximum Gasteiger partial charge on any atom is 0.325 e. The van der Waals surface area contributed by atoms with Gasteiger partial charge in [0.15, 0.2) is 0 Å². The number of hydrogen-bond donors (Lipinski definition) is 6. The standard InChI is InChI=1S/C17H31N5O6/c1-10(17(27)28)20-14(24)12(9-23)21-15(25)13-6-4-8-22(13)16(26)11(19)5-2-3-7-18/h10-13,23H,2-9,18-19H2,1H3,(H,20,24)(H,21,25)(H,27,28). The van der Waals surface area contributed by atoms with Crippen molar-refractivity contribution < 1.29 is 29.4 Å². The van der Waals surface area contributed by atoms with Crippen molar-refractivity contribution in [3.05, 3.63) is 0 Å². The van der Waals surface area contributed by atoms with Crippen molar-refractivity contribution in [2.45, 2.75) is 63.2 Å². The summed E-state index contributed by atoms with van der Waals surface area (Å²) in [5, 5.41) is 22.8. The largest absolute Gasteiger partial charge is 0.480 e. The second kappa shape index (κ2) is 11.6. The topological polar surface area (TPSA) is 188 Å². The average Bonchev–Trinajstić information content (AvgIpc) is 3.14. The number of carboxylic acid groups (broad SMARTS) is 1. The molecule has 0 bridgehead atoms. The molecule has 0 aromatic rings. The lowest BCUT2D eigenvalue weighted by atomic mass is 10.1. The Morgan fingerprint density at radius 3 is 2.46 bits per heavy atom. The van der Waals surface area contributed by atoms with E-state index in [1.807, 2.05) is 0 Å². The molecule has 0 saturated carbocycles. The third-order valence-corrected chi connectivity index (χ3v) is 4.67. The minimum Gasteiger partial charge on any atom is -0.480 e. The molecule has 0 aromatic heterocycles. The molecule has 0 radical (unpaired) electrons. The molecule has 0 aromatic carbocycles. The van der Waals surface area contributed by atoms with Gasteiger partial charge in [0, 0.05) is 6.54 Å². The van der Waals surface area contributed by atoms with Crippen LogP contribution < -0.4 is 22.1 Å². The Kier molecular flexibility index (Phi) is 9.83. The summed E-state index contributed by atoms with van der Waals surface area (Å²) in [7, 11) is 0. The van der Waals surface area contributed by atoms with Gasteiger partial charge in [-0.05, 0) is 39.2 Å². The zero-order valence-corrected chi connectivity index (χ0v) is 16.1. The number of nitrogens with two attached hydrogens (primary N) is 2. The Bertz CT molecular complexity index is 572. The Labute approximate surface area is 163 Å². The third-order valence-electron chi connectivity index (χ3n) is 4.67. The molecule has 4 unspecified atom stereocenters. The molecule has 0 spiro atoms. The molecule has 8 N–H and O–H groups in total. The zero-order valence-electron chi connectivity index (χ0n) is 16.1. The first-order chi connectivity index (χ1) is 13.2. The molecular weight excluding hydrogens is 370 g/mol. The smallest absolute Gasteiger partial charge is 0.325 e. The number of nitrogens with one attached hydrogen (secondary N) is 2. The molecule has 4 atom stereocenters. The molecule has 3 amide bonds. The van der Waals surface area contributed by atoms with Gasteiger partial charge >= 0.3 is 5.97 Å². The van der Waals surface area contributed by atoms with E-state index in [9.17, 15) is 24.3 Å². The average molecular weight is 401 g/mol. The van der Waals surface area contributed by atoms with Crippen molar-refractivity contribution in [2.24, 2.45) is 11.5 Å². The predicted octanol–water partition coefficient (Wildman–Crippen LogP) is -2.50. The van der Waals surface area contributed by atoms with Gasteiger partial charge in [-0.2, -0.15) is 0 Å². The van der Waals surface area contributed by atoms with Crippen molar-refractivity contribution in [3.63, 3.8) is 0 Å². The van der Waals surface area contributed by atoms with Crippen molar-refractivity contribution in [2.75, 3.05) is 19.7 Å². The second-order valence-electron chi connectivity index (χ2n) is 6.89. The summed E-state index contributed by atoms with van der Waals surface area (Å²) in [5.74, 6) is -2.98. The lowest BCUT2D eigenvalue weighted by molar-refractivity contribution is -0.143. The number of carbonyl (C=O) groups is 4. The zero-order chi connectivity index (χ0) is 21.3. The molecule has 1 heterocycles. The van der Waals surface area contributed by atoms with Crippen LogP contribution in [0.2, 0.25) is 0 Å². The van der Waals surface area contributed by atoms with Gasteiger partial charge in [0.1, 0.15) is 18.1 Å². The van der Waals surface area contributed by atoms with Gasteiger partial charge in [0.05, 0.1) is 12.6 Å². The van der Waals surface area contributed by atoms with E-state index in [1.165, 1.54) is 11.8 Å². The van der Waals surface area contributed by atoms with Crippen LogP contribution in [0, 0.1) is 0 Å². The van der Waals surface area contributed by atoms with Crippen molar-refractivity contribution in [1.29, 1.82) is 0 Å². The van der Waals surface area contributed by atoms with E-state index < -0.39 is 48.6 Å². The van der Waals surface area contributed by atoms with E-state index in [0.717, 1.165) is 6.42 Å². The molecular formula is C17H31N5O6. The highest BCUT2D eigenvalue weighted by molar-refractivity contribution is 5.94. The Balaban J connectivity index is 2.68. The van der Waals surface area contributed by atoms with Crippen LogP contribution in [0.4, 0.5) is 0 Å². The number of aliphatic carboxylic acids is 1. The summed E-state index contributed by atoms with van der Waals surface area (Å²) in [5.41, 5.74) is 11.4. The van der Waals surface area contributed by atoms with Crippen LogP contribution in [-0.4, -0.2) is 82.7 Å². The second-order valence-corrected chi connectivity index (χ2v) is 6.89. The maximum atomic E-state index is 12.6. The molecule has 1 rings (SSSR count). The van der Waals surface area contributed by atoms with Crippen LogP contribution in [0.15, 0.2) is 0 Å². The minimum absolute atomic E-state index is 0.334. The molecule has 1 aliphatic heterocycles. The number of carboxylic acids is 1. The fraction of sp³-hybridized carbons (Fsp3) is 0.765. The first-order valence-corrected chi connectivity index (χ1v) is 9.43. The quantitative estimate of drug-likeness (QED) is 0.205. The number of carbonyl (C=O) groups excluding carboxylic acids is 3. The van der Waals surface area contributed by atoms with Gasteiger partial charge in [-0.25, -0.2) is 0 Å². The monoisotopic (exact) mass is 401 g/mol. The van der Waals surface area contributed by atoms with E-state index in [4.69, 9.17) is 16.6 Å². The van der Waals surface area contributed by atoms with Crippen molar-refractivity contribution in [3.8, 4) is 0 Å². The third kappa shape index (κ3) is 6.73. The van der Waals surface area contributed by atoms with Gasteiger partial charge in [-0.1, -0.05) is 6.42 Å². The van der Waals surface area contributed by atoms with E-state index in [1.54, 1.807) is 0 Å². The fourth-order valence-electron chi connectivity index (χ4n) is 2.99. The first kappa shape index (κ1) is 23.8. The number of amides is 3. The number of aliphatic hydroxyl groups excluding tert-OH is 1. The number of unbranched alkanes of at least 4 members (excludes halogenated alkanes) is 1. The lowest BCUT2D eigenvalue weighted by Gasteiger charge is -2.28. The SMILES string of the molecule is CC(NC(=O)C(CO)NC(=O)C1CCCN1C(=O)C(N)CCCCN)C(=O)O. The van der Waals surface area contributed by atoms with Crippen LogP contribution in [0.1, 0.15) is 39.0 Å². The number of rotatable bonds is 11. The highest BCUT2D eigenvalue weighted by Gasteiger charge is 2.37. The normalized spacial score (nSPS) is 19.6. The summed E-state index contributed by atoms with van der Waals surface area (Å²) < 4.78 is 0. The van der Waals surface area contributed by atoms with Crippen LogP contribution in [0.3, 0.4) is 0 Å². The van der Waals surface area contributed by atoms with E-state index in [0.29, 0.717) is 38.8 Å². The molecule has 160 valence electrons. The van der Waals surface area contributed by atoms with E-state index in [2.05, 4.69) is 10.6 Å². The molecule has 11 nitrogen and oxygen atoms in total. The molecule has 1 aliphatic rings. The van der Waals surface area contributed by atoms with Crippen LogP contribution in [-0.2, 0) is 19.2 Å². The summed E-state index contributed by atoms with van der Waals surface area (Å²) in [6, 6.07) is -4.00. The van der Waals surface area contributed by atoms with Crippen LogP contribution in [0.25, 0.3) is 0 Å². The van der Waals surface area contributed by atoms with E-state index >= 15 is 0 Å². The summed E-state index contributed by atoms with van der Waals surface area (Å²) in [6.45, 7) is 1.46. The van der Waals surface area contributed by atoms with E-state index in [-0.39, 0.29) is 5.91 Å². The van der Waals surface area contributed by atoms with Crippen molar-refractivity contribution in [1.82, 2.24) is 15.5 Å². The highest BCUT2D eigenvalue weighted by atomic mass is 16.4. The molecule has 28 heavy (non-hydrogen) atoms. The molecule has 0 aliphatic carbocycles. The van der Waals surface area contributed by atoms with Gasteiger partial charge in [0.2, 0.25) is 17.7 Å². The lowest BCUT2D eigenvalue weighted by Crippen LogP contribution is -2.57. The van der Waals surface area contributed by atoms with Gasteiger partial charge in [-0.3, -0.25) is 19.2 Å². The maximum absolute atomic E-state index is 12.6. The number of hydrogen-bond acceptors (Lipinski definition) is 7. The number of likely N-dealkylation sites (tertiary alicyclic amines) is 1. The number of aliphatic hydroxyl groups is 1. The fourth-order valence-corrected chi connectivity index (χ4v) is 2.99. The minimum atomic E-state index is -1.31. The molecule has 11 heteroatoms. The summed E-state index contributed by atoms with van der Waals surface area (Å²) in [6.07, 6.45) is 2.97. The first-order valence-electron chi connectivity index (χ1n) is 9.43. The van der Waals surface area contributed by atoms with Gasteiger partial charge in [0.25, 0.3) is 0 Å².